The molecule has 2 N–H and O–H groups in total. The van der Waals surface area contributed by atoms with Crippen LogP contribution in [0.15, 0.2) is 18.2 Å². The Morgan fingerprint density at radius 3 is 2.22 bits per heavy atom. The van der Waals surface area contributed by atoms with E-state index in [0.717, 1.165) is 6.07 Å². The van der Waals surface area contributed by atoms with Crippen LogP contribution in [0.5, 0.6) is 0 Å². The molecule has 0 unspecified atom stereocenters. The Kier molecular flexibility index (Phi) is 6.47. The van der Waals surface area contributed by atoms with Gasteiger partial charge in [0.1, 0.15) is 0 Å². The Bertz CT molecular complexity index is 391. The van der Waals surface area contributed by atoms with E-state index in [2.05, 4.69) is 0 Å². The molecule has 1 aromatic carbocycles. The van der Waals surface area contributed by atoms with E-state index >= 15 is 0 Å². The van der Waals surface area contributed by atoms with Crippen LogP contribution in [-0.4, -0.2) is 0 Å². The zero-order chi connectivity index (χ0) is 13.2. The van der Waals surface area contributed by atoms with Crippen LogP contribution in [0.2, 0.25) is 5.02 Å². The summed E-state index contributed by atoms with van der Waals surface area (Å²) in [7, 11) is 0. The molecule has 0 aliphatic heterocycles. The van der Waals surface area contributed by atoms with E-state index in [9.17, 15) is 13.2 Å². The Hall–Kier alpha value is -0.450. The molecule has 0 aliphatic rings. The minimum absolute atomic E-state index is 0. The van der Waals surface area contributed by atoms with Gasteiger partial charge in [0.05, 0.1) is 10.6 Å². The molecule has 1 atom stereocenters. The highest BCUT2D eigenvalue weighted by Gasteiger charge is 2.33. The number of alkyl halides is 3. The van der Waals surface area contributed by atoms with Gasteiger partial charge in [0.2, 0.25) is 0 Å². The number of hydrogen-bond acceptors (Lipinski definition) is 1. The Balaban J connectivity index is 0.00000289. The van der Waals surface area contributed by atoms with Crippen LogP contribution in [0, 0.1) is 5.92 Å². The van der Waals surface area contributed by atoms with E-state index in [1.807, 2.05) is 13.8 Å². The molecule has 6 heteroatoms. The first-order valence-corrected chi connectivity index (χ1v) is 5.72. The summed E-state index contributed by atoms with van der Waals surface area (Å²) >= 11 is 5.62. The van der Waals surface area contributed by atoms with Crippen molar-refractivity contribution in [1.29, 1.82) is 0 Å². The van der Waals surface area contributed by atoms with Gasteiger partial charge in [-0.1, -0.05) is 31.5 Å². The second kappa shape index (κ2) is 6.64. The summed E-state index contributed by atoms with van der Waals surface area (Å²) in [6.07, 6.45) is -3.71. The van der Waals surface area contributed by atoms with Gasteiger partial charge in [-0.15, -0.1) is 12.4 Å². The lowest BCUT2D eigenvalue weighted by Gasteiger charge is -2.16. The molecule has 0 spiro atoms. The van der Waals surface area contributed by atoms with Crippen LogP contribution in [0.4, 0.5) is 13.2 Å². The summed E-state index contributed by atoms with van der Waals surface area (Å²) in [5.41, 5.74) is 5.70. The molecule has 1 rings (SSSR count). The van der Waals surface area contributed by atoms with Crippen molar-refractivity contribution in [2.75, 3.05) is 0 Å². The maximum atomic E-state index is 12.5. The van der Waals surface area contributed by atoms with E-state index in [1.54, 1.807) is 0 Å². The molecular weight excluding hydrogens is 286 g/mol. The predicted molar refractivity (Wildman–Crippen MR) is 70.1 cm³/mol. The lowest BCUT2D eigenvalue weighted by molar-refractivity contribution is -0.137. The van der Waals surface area contributed by atoms with Crippen molar-refractivity contribution in [3.05, 3.63) is 34.3 Å². The zero-order valence-electron chi connectivity index (χ0n) is 10.1. The number of benzene rings is 1. The van der Waals surface area contributed by atoms with E-state index in [1.165, 1.54) is 12.1 Å². The van der Waals surface area contributed by atoms with Crippen molar-refractivity contribution in [2.45, 2.75) is 32.5 Å². The SMILES string of the molecule is CC(C)C[C@H](N)c1ccc(C(F)(F)F)c(Cl)c1.Cl. The lowest BCUT2D eigenvalue weighted by atomic mass is 9.97. The molecule has 18 heavy (non-hydrogen) atoms. The molecule has 0 aromatic heterocycles. The third kappa shape index (κ3) is 4.67. The molecular formula is C12H16Cl2F3N. The van der Waals surface area contributed by atoms with Crippen molar-refractivity contribution in [3.63, 3.8) is 0 Å². The number of rotatable bonds is 3. The van der Waals surface area contributed by atoms with E-state index < -0.39 is 11.7 Å². The van der Waals surface area contributed by atoms with Crippen LogP contribution in [0.1, 0.15) is 37.4 Å². The highest BCUT2D eigenvalue weighted by molar-refractivity contribution is 6.31. The number of halogens is 5. The Morgan fingerprint density at radius 1 is 1.28 bits per heavy atom. The van der Waals surface area contributed by atoms with Gasteiger partial charge in [-0.05, 0) is 30.0 Å². The molecule has 0 radical (unpaired) electrons. The zero-order valence-corrected chi connectivity index (χ0v) is 11.7. The van der Waals surface area contributed by atoms with Crippen LogP contribution < -0.4 is 5.73 Å². The van der Waals surface area contributed by atoms with Gasteiger partial charge >= 0.3 is 6.18 Å². The second-order valence-corrected chi connectivity index (χ2v) is 4.88. The van der Waals surface area contributed by atoms with Gasteiger partial charge in [-0.2, -0.15) is 13.2 Å². The van der Waals surface area contributed by atoms with Crippen molar-refractivity contribution in [1.82, 2.24) is 0 Å². The van der Waals surface area contributed by atoms with Gasteiger partial charge in [0, 0.05) is 6.04 Å². The van der Waals surface area contributed by atoms with Crippen molar-refractivity contribution in [3.8, 4) is 0 Å². The molecule has 1 nitrogen and oxygen atoms in total. The monoisotopic (exact) mass is 301 g/mol. The summed E-state index contributed by atoms with van der Waals surface area (Å²) in [6.45, 7) is 4.01. The average molecular weight is 302 g/mol. The Labute approximate surface area is 116 Å². The molecule has 1 aromatic rings. The predicted octanol–water partition coefficient (Wildman–Crippen LogP) is 4.83. The van der Waals surface area contributed by atoms with Gasteiger partial charge in [0.25, 0.3) is 0 Å². The normalized spacial score (nSPS) is 13.3. The van der Waals surface area contributed by atoms with Crippen LogP contribution >= 0.6 is 24.0 Å². The summed E-state index contributed by atoms with van der Waals surface area (Å²) in [5.74, 6) is 0.381. The maximum absolute atomic E-state index is 12.5. The minimum atomic E-state index is -4.42. The molecule has 0 saturated heterocycles. The fourth-order valence-electron chi connectivity index (χ4n) is 1.64. The summed E-state index contributed by atoms with van der Waals surface area (Å²) in [4.78, 5) is 0. The second-order valence-electron chi connectivity index (χ2n) is 4.47. The number of hydrogen-bond donors (Lipinski definition) is 1. The van der Waals surface area contributed by atoms with E-state index in [-0.39, 0.29) is 23.5 Å². The van der Waals surface area contributed by atoms with Gasteiger partial charge in [0.15, 0.2) is 0 Å². The van der Waals surface area contributed by atoms with Crippen LogP contribution in [0.25, 0.3) is 0 Å². The maximum Gasteiger partial charge on any atom is 0.417 e. The van der Waals surface area contributed by atoms with Crippen molar-refractivity contribution >= 4 is 24.0 Å². The summed E-state index contributed by atoms with van der Waals surface area (Å²) < 4.78 is 37.4. The standard InChI is InChI=1S/C12H15ClF3N.ClH/c1-7(2)5-11(17)8-3-4-9(10(13)6-8)12(14,15)16;/h3-4,6-7,11H,5,17H2,1-2H3;1H/t11-;/m0./s1. The summed E-state index contributed by atoms with van der Waals surface area (Å²) in [6, 6.07) is 3.40. The fourth-order valence-corrected chi connectivity index (χ4v) is 1.93. The fraction of sp³-hybridized carbons (Fsp3) is 0.500. The molecule has 0 amide bonds. The quantitative estimate of drug-likeness (QED) is 0.850. The molecule has 0 heterocycles. The molecule has 104 valence electrons. The Morgan fingerprint density at radius 2 is 1.83 bits per heavy atom. The van der Waals surface area contributed by atoms with Crippen molar-refractivity contribution < 1.29 is 13.2 Å². The smallest absolute Gasteiger partial charge is 0.324 e. The average Bonchev–Trinajstić information content (AvgIpc) is 2.14. The summed E-state index contributed by atoms with van der Waals surface area (Å²) in [5, 5.41) is -0.297. The minimum Gasteiger partial charge on any atom is -0.324 e. The lowest BCUT2D eigenvalue weighted by Crippen LogP contribution is -2.14. The van der Waals surface area contributed by atoms with Gasteiger partial charge in [-0.25, -0.2) is 0 Å². The molecule has 0 fully saturated rings. The van der Waals surface area contributed by atoms with Gasteiger partial charge < -0.3 is 5.73 Å². The molecule has 0 bridgehead atoms. The largest absolute Gasteiger partial charge is 0.417 e. The first kappa shape index (κ1) is 17.6. The highest BCUT2D eigenvalue weighted by Crippen LogP contribution is 2.36. The van der Waals surface area contributed by atoms with Gasteiger partial charge in [-0.3, -0.25) is 0 Å². The first-order valence-electron chi connectivity index (χ1n) is 5.34. The van der Waals surface area contributed by atoms with Crippen LogP contribution in [-0.2, 0) is 6.18 Å². The third-order valence-corrected chi connectivity index (χ3v) is 2.76. The van der Waals surface area contributed by atoms with E-state index in [0.29, 0.717) is 17.9 Å². The topological polar surface area (TPSA) is 26.0 Å². The highest BCUT2D eigenvalue weighted by atomic mass is 35.5. The molecule has 0 aliphatic carbocycles. The molecule has 0 saturated carbocycles. The third-order valence-electron chi connectivity index (χ3n) is 2.45. The first-order chi connectivity index (χ1) is 7.71. The van der Waals surface area contributed by atoms with E-state index in [4.69, 9.17) is 17.3 Å². The van der Waals surface area contributed by atoms with Crippen LogP contribution in [0.3, 0.4) is 0 Å². The number of nitrogens with two attached hydrogens (primary N) is 1. The van der Waals surface area contributed by atoms with Crippen molar-refractivity contribution in [2.24, 2.45) is 11.7 Å².